The molecule has 3 unspecified atom stereocenters. The molecule has 1 fully saturated rings. The van der Waals surface area contributed by atoms with Gasteiger partial charge in [0, 0.05) is 18.5 Å². The Bertz CT molecular complexity index is 326. The summed E-state index contributed by atoms with van der Waals surface area (Å²) >= 11 is 0. The predicted octanol–water partition coefficient (Wildman–Crippen LogP) is 2.23. The molecule has 1 aliphatic rings. The summed E-state index contributed by atoms with van der Waals surface area (Å²) in [6.45, 7) is 14.9. The molecule has 3 atom stereocenters. The summed E-state index contributed by atoms with van der Waals surface area (Å²) in [7, 11) is 0. The first-order valence-corrected chi connectivity index (χ1v) is 8.60. The maximum absolute atomic E-state index is 12.5. The maximum Gasteiger partial charge on any atom is 0.223 e. The Morgan fingerprint density at radius 2 is 1.90 bits per heavy atom. The summed E-state index contributed by atoms with van der Waals surface area (Å²) in [6, 6.07) is 0.228. The molecule has 0 aromatic rings. The number of carbonyl (C=O) groups excluding carboxylic acids is 1. The van der Waals surface area contributed by atoms with E-state index in [0.717, 1.165) is 45.4 Å². The highest BCUT2D eigenvalue weighted by Crippen LogP contribution is 2.44. The van der Waals surface area contributed by atoms with Gasteiger partial charge in [-0.2, -0.15) is 0 Å². The van der Waals surface area contributed by atoms with Crippen LogP contribution in [0.3, 0.4) is 0 Å². The second-order valence-electron chi connectivity index (χ2n) is 7.08. The molecular weight excluding hydrogens is 262 g/mol. The Balaban J connectivity index is 2.41. The van der Waals surface area contributed by atoms with Crippen molar-refractivity contribution < 1.29 is 4.79 Å². The Hall–Kier alpha value is -0.610. The van der Waals surface area contributed by atoms with Gasteiger partial charge in [0.15, 0.2) is 0 Å². The normalized spacial score (nSPS) is 28.6. The summed E-state index contributed by atoms with van der Waals surface area (Å²) in [4.78, 5) is 14.9. The van der Waals surface area contributed by atoms with Crippen molar-refractivity contribution >= 4 is 5.91 Å². The molecule has 4 heteroatoms. The lowest BCUT2D eigenvalue weighted by molar-refractivity contribution is -0.132. The minimum atomic E-state index is -0.0133. The summed E-state index contributed by atoms with van der Waals surface area (Å²) < 4.78 is 0. The summed E-state index contributed by atoms with van der Waals surface area (Å²) in [5.74, 6) is 0.705. The molecular formula is C17H35N3O. The molecule has 21 heavy (non-hydrogen) atoms. The Morgan fingerprint density at radius 1 is 1.29 bits per heavy atom. The highest BCUT2D eigenvalue weighted by Gasteiger charge is 2.44. The Labute approximate surface area is 130 Å². The molecule has 1 aliphatic carbocycles. The molecule has 4 nitrogen and oxygen atoms in total. The smallest absolute Gasteiger partial charge is 0.223 e. The standard InChI is InChI=1S/C17H35N3O/c1-6-20(7-2)12-8-11-19-16(21)14-9-10-15(18)13(3)17(14,4)5/h13-15H,6-12,18H2,1-5H3,(H,19,21). The topological polar surface area (TPSA) is 58.4 Å². The first-order chi connectivity index (χ1) is 9.84. The number of rotatable bonds is 7. The average Bonchev–Trinajstić information content (AvgIpc) is 2.45. The molecule has 0 saturated heterocycles. The monoisotopic (exact) mass is 297 g/mol. The molecule has 0 bridgehead atoms. The fourth-order valence-corrected chi connectivity index (χ4v) is 3.50. The minimum absolute atomic E-state index is 0.0133. The van der Waals surface area contributed by atoms with Crippen molar-refractivity contribution in [2.24, 2.45) is 23.0 Å². The summed E-state index contributed by atoms with van der Waals surface area (Å²) in [5, 5.41) is 3.14. The van der Waals surface area contributed by atoms with Crippen molar-refractivity contribution in [3.63, 3.8) is 0 Å². The average molecular weight is 297 g/mol. The van der Waals surface area contributed by atoms with E-state index in [4.69, 9.17) is 5.73 Å². The van der Waals surface area contributed by atoms with Gasteiger partial charge in [-0.15, -0.1) is 0 Å². The van der Waals surface area contributed by atoms with Gasteiger partial charge in [-0.1, -0.05) is 34.6 Å². The first kappa shape index (κ1) is 18.4. The summed E-state index contributed by atoms with van der Waals surface area (Å²) in [5.41, 5.74) is 6.15. The fourth-order valence-electron chi connectivity index (χ4n) is 3.50. The molecule has 0 aromatic carbocycles. The Kier molecular flexibility index (Phi) is 7.14. The van der Waals surface area contributed by atoms with Crippen LogP contribution in [0.5, 0.6) is 0 Å². The number of amides is 1. The van der Waals surface area contributed by atoms with Crippen LogP contribution in [0.15, 0.2) is 0 Å². The van der Waals surface area contributed by atoms with Crippen LogP contribution in [0.4, 0.5) is 0 Å². The van der Waals surface area contributed by atoms with E-state index in [1.807, 2.05) is 0 Å². The second kappa shape index (κ2) is 8.14. The number of nitrogens with two attached hydrogens (primary N) is 1. The number of carbonyl (C=O) groups is 1. The lowest BCUT2D eigenvalue weighted by Gasteiger charge is -2.46. The van der Waals surface area contributed by atoms with Gasteiger partial charge in [0.25, 0.3) is 0 Å². The van der Waals surface area contributed by atoms with E-state index in [2.05, 4.69) is 44.8 Å². The number of hydrogen-bond donors (Lipinski definition) is 2. The van der Waals surface area contributed by atoms with Gasteiger partial charge in [0.1, 0.15) is 0 Å². The molecule has 0 aromatic heterocycles. The van der Waals surface area contributed by atoms with Gasteiger partial charge in [0.05, 0.1) is 0 Å². The van der Waals surface area contributed by atoms with E-state index >= 15 is 0 Å². The zero-order chi connectivity index (χ0) is 16.0. The molecule has 124 valence electrons. The van der Waals surface area contributed by atoms with Crippen molar-refractivity contribution in [2.75, 3.05) is 26.2 Å². The predicted molar refractivity (Wildman–Crippen MR) is 89.1 cm³/mol. The third-order valence-corrected chi connectivity index (χ3v) is 5.66. The molecule has 0 spiro atoms. The number of nitrogens with zero attached hydrogens (tertiary/aromatic N) is 1. The summed E-state index contributed by atoms with van der Waals surface area (Å²) in [6.07, 6.45) is 2.90. The van der Waals surface area contributed by atoms with E-state index in [-0.39, 0.29) is 23.3 Å². The van der Waals surface area contributed by atoms with E-state index in [1.54, 1.807) is 0 Å². The first-order valence-electron chi connectivity index (χ1n) is 8.60. The molecule has 1 saturated carbocycles. The third kappa shape index (κ3) is 4.68. The van der Waals surface area contributed by atoms with Crippen LogP contribution in [0.2, 0.25) is 0 Å². The van der Waals surface area contributed by atoms with Gasteiger partial charge in [-0.25, -0.2) is 0 Å². The van der Waals surface area contributed by atoms with Crippen molar-refractivity contribution in [1.29, 1.82) is 0 Å². The highest BCUT2D eigenvalue weighted by atomic mass is 16.1. The van der Waals surface area contributed by atoms with E-state index in [0.29, 0.717) is 5.92 Å². The zero-order valence-electron chi connectivity index (χ0n) is 14.6. The molecule has 0 heterocycles. The van der Waals surface area contributed by atoms with Crippen LogP contribution in [0.1, 0.15) is 53.9 Å². The highest BCUT2D eigenvalue weighted by molar-refractivity contribution is 5.79. The SMILES string of the molecule is CCN(CC)CCCNC(=O)C1CCC(N)C(C)C1(C)C. The van der Waals surface area contributed by atoms with Crippen LogP contribution in [-0.4, -0.2) is 43.0 Å². The van der Waals surface area contributed by atoms with Gasteiger partial charge in [-0.3, -0.25) is 4.79 Å². The quantitative estimate of drug-likeness (QED) is 0.709. The largest absolute Gasteiger partial charge is 0.356 e. The zero-order valence-corrected chi connectivity index (χ0v) is 14.6. The number of hydrogen-bond acceptors (Lipinski definition) is 3. The van der Waals surface area contributed by atoms with Crippen LogP contribution in [-0.2, 0) is 4.79 Å². The molecule has 1 amide bonds. The molecule has 0 radical (unpaired) electrons. The molecule has 3 N–H and O–H groups in total. The van der Waals surface area contributed by atoms with Gasteiger partial charge in [-0.05, 0) is 50.2 Å². The van der Waals surface area contributed by atoms with Crippen LogP contribution in [0, 0.1) is 17.3 Å². The molecule has 0 aliphatic heterocycles. The Morgan fingerprint density at radius 3 is 2.48 bits per heavy atom. The lowest BCUT2D eigenvalue weighted by atomic mass is 9.61. The fraction of sp³-hybridized carbons (Fsp3) is 0.941. The van der Waals surface area contributed by atoms with Crippen molar-refractivity contribution in [1.82, 2.24) is 10.2 Å². The van der Waals surface area contributed by atoms with Crippen LogP contribution >= 0.6 is 0 Å². The maximum atomic E-state index is 12.5. The van der Waals surface area contributed by atoms with E-state index in [9.17, 15) is 4.79 Å². The minimum Gasteiger partial charge on any atom is -0.356 e. The van der Waals surface area contributed by atoms with Gasteiger partial charge < -0.3 is 16.0 Å². The van der Waals surface area contributed by atoms with Gasteiger partial charge >= 0.3 is 0 Å². The van der Waals surface area contributed by atoms with Crippen LogP contribution in [0.25, 0.3) is 0 Å². The number of nitrogens with one attached hydrogen (secondary N) is 1. The van der Waals surface area contributed by atoms with Crippen molar-refractivity contribution in [2.45, 2.75) is 59.9 Å². The lowest BCUT2D eigenvalue weighted by Crippen LogP contribution is -2.51. The second-order valence-corrected chi connectivity index (χ2v) is 7.08. The van der Waals surface area contributed by atoms with E-state index < -0.39 is 0 Å². The molecule has 1 rings (SSSR count). The third-order valence-electron chi connectivity index (χ3n) is 5.66. The van der Waals surface area contributed by atoms with Crippen molar-refractivity contribution in [3.05, 3.63) is 0 Å². The van der Waals surface area contributed by atoms with Crippen LogP contribution < -0.4 is 11.1 Å². The van der Waals surface area contributed by atoms with E-state index in [1.165, 1.54) is 0 Å². The van der Waals surface area contributed by atoms with Crippen molar-refractivity contribution in [3.8, 4) is 0 Å². The van der Waals surface area contributed by atoms with Gasteiger partial charge in [0.2, 0.25) is 5.91 Å².